The number of carbonyl (C=O) groups excluding carboxylic acids is 2. The van der Waals surface area contributed by atoms with E-state index in [9.17, 15) is 9.59 Å². The lowest BCUT2D eigenvalue weighted by molar-refractivity contribution is -0.111. The Bertz CT molecular complexity index is 871. The number of ether oxygens (including phenoxy) is 1. The van der Waals surface area contributed by atoms with Gasteiger partial charge in [-0.15, -0.1) is 6.58 Å². The molecule has 6 heteroatoms. The molecule has 37 heavy (non-hydrogen) atoms. The number of allylic oxidation sites excluding steroid dienone is 6. The first-order chi connectivity index (χ1) is 17.8. The second-order valence-electron chi connectivity index (χ2n) is 10.8. The van der Waals surface area contributed by atoms with Crippen molar-refractivity contribution < 1.29 is 19.4 Å². The van der Waals surface area contributed by atoms with Gasteiger partial charge in [-0.25, -0.2) is 0 Å². The molecule has 0 aromatic carbocycles. The summed E-state index contributed by atoms with van der Waals surface area (Å²) < 4.78 is 5.37. The molecule has 6 atom stereocenters. The van der Waals surface area contributed by atoms with Gasteiger partial charge in [0.05, 0.1) is 12.0 Å². The molecule has 0 aromatic rings. The second-order valence-corrected chi connectivity index (χ2v) is 10.8. The maximum Gasteiger partial charge on any atom is 0.211 e. The average Bonchev–Trinajstić information content (AvgIpc) is 3.24. The van der Waals surface area contributed by atoms with E-state index in [1.807, 2.05) is 19.3 Å². The number of hydrogen-bond acceptors (Lipinski definition) is 5. The van der Waals surface area contributed by atoms with Crippen molar-refractivity contribution in [1.29, 1.82) is 5.26 Å². The van der Waals surface area contributed by atoms with Crippen LogP contribution in [0.15, 0.2) is 48.7 Å². The molecule has 6 unspecified atom stereocenters. The monoisotopic (exact) mass is 512 g/mol. The Morgan fingerprint density at radius 3 is 2.65 bits per heavy atom. The van der Waals surface area contributed by atoms with E-state index in [2.05, 4.69) is 38.7 Å². The van der Waals surface area contributed by atoms with Gasteiger partial charge < -0.3 is 15.2 Å². The summed E-state index contributed by atoms with van der Waals surface area (Å²) in [6, 6.07) is 2.05. The zero-order valence-corrected chi connectivity index (χ0v) is 23.5. The normalized spacial score (nSPS) is 31.0. The van der Waals surface area contributed by atoms with Crippen LogP contribution >= 0.6 is 0 Å². The maximum absolute atomic E-state index is 11.7. The van der Waals surface area contributed by atoms with Crippen LogP contribution in [-0.2, 0) is 14.3 Å². The van der Waals surface area contributed by atoms with E-state index in [-0.39, 0.29) is 17.1 Å². The molecule has 0 heterocycles. The number of methoxy groups -OCH3 is 1. The molecule has 2 saturated carbocycles. The van der Waals surface area contributed by atoms with Gasteiger partial charge in [-0.3, -0.25) is 9.59 Å². The van der Waals surface area contributed by atoms with E-state index in [1.54, 1.807) is 18.2 Å². The van der Waals surface area contributed by atoms with Crippen LogP contribution in [0.4, 0.5) is 0 Å². The Hall–Kier alpha value is -2.49. The van der Waals surface area contributed by atoms with Crippen molar-refractivity contribution in [2.24, 2.45) is 34.5 Å². The lowest BCUT2D eigenvalue weighted by Gasteiger charge is -2.47. The van der Waals surface area contributed by atoms with E-state index in [0.717, 1.165) is 37.9 Å². The largest absolute Gasteiger partial charge is 0.400 e. The number of aliphatic hydroxyl groups excluding tert-OH is 1. The van der Waals surface area contributed by atoms with Crippen molar-refractivity contribution >= 4 is 12.2 Å². The number of hydrogen-bond donors (Lipinski definition) is 2. The van der Waals surface area contributed by atoms with Crippen LogP contribution in [0, 0.1) is 45.8 Å². The van der Waals surface area contributed by atoms with Gasteiger partial charge in [0.25, 0.3) is 0 Å². The number of nitrogens with one attached hydrogen (secondary N) is 1. The topological polar surface area (TPSA) is 99.4 Å². The Balaban J connectivity index is 0.000000446. The predicted octanol–water partition coefficient (Wildman–Crippen LogP) is 5.91. The van der Waals surface area contributed by atoms with Crippen molar-refractivity contribution in [2.45, 2.75) is 72.1 Å². The number of amides is 1. The number of rotatable bonds is 10. The average molecular weight is 513 g/mol. The summed E-state index contributed by atoms with van der Waals surface area (Å²) in [5.41, 5.74) is 1.95. The summed E-state index contributed by atoms with van der Waals surface area (Å²) in [6.45, 7) is 11.7. The van der Waals surface area contributed by atoms with Crippen LogP contribution in [0.3, 0.4) is 0 Å². The van der Waals surface area contributed by atoms with Crippen LogP contribution in [0.1, 0.15) is 72.1 Å². The summed E-state index contributed by atoms with van der Waals surface area (Å²) in [7, 11) is 2.82. The molecule has 0 saturated heterocycles. The standard InChI is InChI=1S/C22H34O2.C8H10N2O.CH4O/c1-5-22(3)17(11-13-24-4)8-9-20(22)16-6-7-18-14-19(23)10-12-21(18,2)15-16;1-2-3-8(6-9)4-5-10-7-11;1-2/h10,12,14,16-17,20H,5-9,11,13,15H2,1-4H3;2,4-5,7-8H,1,3H2,(H,10,11);2H,1H3/b;5-4+;. The Morgan fingerprint density at radius 1 is 1.32 bits per heavy atom. The molecule has 3 aliphatic carbocycles. The first kappa shape index (κ1) is 32.5. The highest BCUT2D eigenvalue weighted by Gasteiger charge is 2.50. The van der Waals surface area contributed by atoms with Crippen LogP contribution in [0.25, 0.3) is 0 Å². The van der Waals surface area contributed by atoms with E-state index in [4.69, 9.17) is 15.1 Å². The fourth-order valence-electron chi connectivity index (χ4n) is 6.61. The third-order valence-corrected chi connectivity index (χ3v) is 8.82. The fourth-order valence-corrected chi connectivity index (χ4v) is 6.61. The van der Waals surface area contributed by atoms with Crippen molar-refractivity contribution in [3.8, 4) is 6.07 Å². The van der Waals surface area contributed by atoms with Crippen LogP contribution in [-0.4, -0.2) is 38.1 Å². The lowest BCUT2D eigenvalue weighted by Crippen LogP contribution is -2.38. The number of nitrogens with zero attached hydrogens (tertiary/aromatic N) is 1. The molecule has 1 amide bonds. The molecule has 2 fully saturated rings. The molecule has 2 N–H and O–H groups in total. The second kappa shape index (κ2) is 16.4. The Morgan fingerprint density at radius 2 is 2.05 bits per heavy atom. The van der Waals surface area contributed by atoms with Gasteiger partial charge in [-0.1, -0.05) is 51.0 Å². The van der Waals surface area contributed by atoms with Gasteiger partial charge in [-0.05, 0) is 80.3 Å². The number of ketones is 1. The maximum atomic E-state index is 11.7. The van der Waals surface area contributed by atoms with E-state index < -0.39 is 0 Å². The fraction of sp³-hybridized carbons (Fsp3) is 0.645. The molecular weight excluding hydrogens is 464 g/mol. The van der Waals surface area contributed by atoms with E-state index in [1.165, 1.54) is 50.3 Å². The summed E-state index contributed by atoms with van der Waals surface area (Å²) >= 11 is 0. The van der Waals surface area contributed by atoms with Crippen molar-refractivity contribution in [3.63, 3.8) is 0 Å². The predicted molar refractivity (Wildman–Crippen MR) is 149 cm³/mol. The van der Waals surface area contributed by atoms with Crippen LogP contribution in [0.5, 0.6) is 0 Å². The van der Waals surface area contributed by atoms with Crippen molar-refractivity contribution in [1.82, 2.24) is 5.32 Å². The quantitative estimate of drug-likeness (QED) is 0.280. The van der Waals surface area contributed by atoms with Gasteiger partial charge in [0.1, 0.15) is 0 Å². The highest BCUT2D eigenvalue weighted by Crippen LogP contribution is 2.59. The molecule has 6 nitrogen and oxygen atoms in total. The first-order valence-electron chi connectivity index (χ1n) is 13.5. The van der Waals surface area contributed by atoms with E-state index in [0.29, 0.717) is 18.2 Å². The summed E-state index contributed by atoms with van der Waals surface area (Å²) in [5.74, 6) is 2.41. The molecule has 0 aromatic heterocycles. The highest BCUT2D eigenvalue weighted by molar-refractivity contribution is 6.01. The number of carbonyl (C=O) groups is 2. The smallest absolute Gasteiger partial charge is 0.211 e. The molecule has 0 aliphatic heterocycles. The van der Waals surface area contributed by atoms with Crippen LogP contribution < -0.4 is 5.32 Å². The van der Waals surface area contributed by atoms with Gasteiger partial charge in [-0.2, -0.15) is 5.26 Å². The molecule has 0 radical (unpaired) electrons. The summed E-state index contributed by atoms with van der Waals surface area (Å²) in [4.78, 5) is 21.5. The molecule has 206 valence electrons. The number of fused-ring (bicyclic) bond motifs is 1. The molecule has 3 aliphatic rings. The third kappa shape index (κ3) is 8.79. The molecular formula is C31H48N2O4. The van der Waals surface area contributed by atoms with Crippen molar-refractivity contribution in [3.05, 3.63) is 48.7 Å². The molecule has 3 rings (SSSR count). The summed E-state index contributed by atoms with van der Waals surface area (Å²) in [6.07, 6.45) is 20.6. The Kier molecular flexibility index (Phi) is 14.4. The van der Waals surface area contributed by atoms with Crippen molar-refractivity contribution in [2.75, 3.05) is 20.8 Å². The van der Waals surface area contributed by atoms with Gasteiger partial charge in [0.15, 0.2) is 5.78 Å². The third-order valence-electron chi connectivity index (χ3n) is 8.82. The van der Waals surface area contributed by atoms with Gasteiger partial charge in [0, 0.05) is 32.4 Å². The Labute approximate surface area is 224 Å². The number of nitriles is 1. The molecule has 0 bridgehead atoms. The van der Waals surface area contributed by atoms with Gasteiger partial charge >= 0.3 is 0 Å². The number of aliphatic hydroxyl groups is 1. The molecule has 0 spiro atoms. The minimum Gasteiger partial charge on any atom is -0.400 e. The minimum atomic E-state index is -0.194. The zero-order chi connectivity index (χ0) is 27.9. The lowest BCUT2D eigenvalue weighted by atomic mass is 9.58. The van der Waals surface area contributed by atoms with Gasteiger partial charge in [0.2, 0.25) is 6.41 Å². The van der Waals surface area contributed by atoms with E-state index >= 15 is 0 Å². The minimum absolute atomic E-state index is 0.121. The SMILES string of the molecule is C=CCC(C#N)/C=C/NC=O.CCC1(C)C(CCOC)CCC1C1CCC2=CC(=O)C=CC2(C)C1.CO. The summed E-state index contributed by atoms with van der Waals surface area (Å²) in [5, 5.41) is 17.8. The zero-order valence-electron chi connectivity index (χ0n) is 23.5. The first-order valence-corrected chi connectivity index (χ1v) is 13.5. The van der Waals surface area contributed by atoms with Crippen LogP contribution in [0.2, 0.25) is 0 Å². The highest BCUT2D eigenvalue weighted by atomic mass is 16.5.